The van der Waals surface area contributed by atoms with Gasteiger partial charge in [0.05, 0.1) is 0 Å². The number of fused-ring (bicyclic) bond motifs is 1. The topological polar surface area (TPSA) is 38.8 Å². The summed E-state index contributed by atoms with van der Waals surface area (Å²) in [4.78, 5) is 13.9. The summed E-state index contributed by atoms with van der Waals surface area (Å²) in [5.74, 6) is 0.568. The Bertz CT molecular complexity index is 415. The summed E-state index contributed by atoms with van der Waals surface area (Å²) in [7, 11) is 0. The highest BCUT2D eigenvalue weighted by Crippen LogP contribution is 2.40. The molecule has 0 spiro atoms. The Kier molecular flexibility index (Phi) is 3.45. The molecule has 1 aromatic carbocycles. The van der Waals surface area contributed by atoms with Crippen LogP contribution >= 0.6 is 0 Å². The molecule has 0 aliphatic carbocycles. The van der Waals surface area contributed by atoms with E-state index in [-0.39, 0.29) is 12.3 Å². The maximum absolute atomic E-state index is 12.1. The van der Waals surface area contributed by atoms with Crippen molar-refractivity contribution in [2.24, 2.45) is 0 Å². The number of hydrogen-bond acceptors (Lipinski definition) is 3. The van der Waals surface area contributed by atoms with Crippen LogP contribution in [0.4, 0.5) is 0 Å². The summed E-state index contributed by atoms with van der Waals surface area (Å²) in [6, 6.07) is 7.48. The molecule has 0 bridgehead atoms. The zero-order valence-corrected chi connectivity index (χ0v) is 11.1. The monoisotopic (exact) mass is 249 g/mol. The summed E-state index contributed by atoms with van der Waals surface area (Å²) in [5, 5.41) is 0. The first-order valence-corrected chi connectivity index (χ1v) is 6.33. The molecule has 0 radical (unpaired) electrons. The molecule has 0 saturated carbocycles. The first-order valence-electron chi connectivity index (χ1n) is 6.33. The van der Waals surface area contributed by atoms with Crippen LogP contribution < -0.4 is 9.47 Å². The van der Waals surface area contributed by atoms with Crippen LogP contribution in [0.5, 0.6) is 11.5 Å². The van der Waals surface area contributed by atoms with Gasteiger partial charge in [0, 0.05) is 20.0 Å². The van der Waals surface area contributed by atoms with E-state index in [1.54, 1.807) is 11.8 Å². The molecule has 1 heterocycles. The maximum atomic E-state index is 12.1. The number of benzene rings is 1. The molecule has 4 heteroatoms. The maximum Gasteiger partial charge on any atom is 0.257 e. The van der Waals surface area contributed by atoms with Gasteiger partial charge in [0.25, 0.3) is 5.79 Å². The lowest BCUT2D eigenvalue weighted by molar-refractivity contribution is -0.143. The fraction of sp³-hybridized carbons (Fsp3) is 0.500. The van der Waals surface area contributed by atoms with E-state index in [0.717, 1.165) is 0 Å². The van der Waals surface area contributed by atoms with E-state index in [0.29, 0.717) is 24.6 Å². The van der Waals surface area contributed by atoms with E-state index in [1.165, 1.54) is 0 Å². The molecule has 0 unspecified atom stereocenters. The van der Waals surface area contributed by atoms with E-state index < -0.39 is 5.79 Å². The number of amides is 1. The molecule has 98 valence electrons. The van der Waals surface area contributed by atoms with Crippen molar-refractivity contribution in [2.45, 2.75) is 33.0 Å². The third-order valence-electron chi connectivity index (χ3n) is 3.09. The molecule has 1 amide bonds. The van der Waals surface area contributed by atoms with Gasteiger partial charge in [-0.25, -0.2) is 0 Å². The van der Waals surface area contributed by atoms with Crippen molar-refractivity contribution in [3.05, 3.63) is 24.3 Å². The van der Waals surface area contributed by atoms with Crippen LogP contribution in [-0.2, 0) is 4.79 Å². The first-order chi connectivity index (χ1) is 8.58. The van der Waals surface area contributed by atoms with Gasteiger partial charge in [-0.05, 0) is 26.0 Å². The minimum atomic E-state index is -0.886. The molecule has 1 aliphatic rings. The number of rotatable bonds is 4. The molecule has 0 aromatic heterocycles. The van der Waals surface area contributed by atoms with Crippen molar-refractivity contribution in [1.29, 1.82) is 0 Å². The number of carbonyl (C=O) groups excluding carboxylic acids is 1. The van der Waals surface area contributed by atoms with Gasteiger partial charge >= 0.3 is 0 Å². The summed E-state index contributed by atoms with van der Waals surface area (Å²) < 4.78 is 11.5. The van der Waals surface area contributed by atoms with Gasteiger partial charge in [-0.3, -0.25) is 4.79 Å². The number of ether oxygens (including phenoxy) is 2. The van der Waals surface area contributed by atoms with Gasteiger partial charge in [0.15, 0.2) is 11.5 Å². The van der Waals surface area contributed by atoms with E-state index in [2.05, 4.69) is 0 Å². The molecule has 1 aliphatic heterocycles. The molecule has 0 atom stereocenters. The van der Waals surface area contributed by atoms with Gasteiger partial charge in [-0.1, -0.05) is 12.1 Å². The van der Waals surface area contributed by atoms with Gasteiger partial charge in [-0.2, -0.15) is 0 Å². The number of para-hydroxylation sites is 2. The zero-order valence-electron chi connectivity index (χ0n) is 11.1. The first kappa shape index (κ1) is 12.7. The number of carbonyl (C=O) groups is 1. The zero-order chi connectivity index (χ0) is 13.2. The van der Waals surface area contributed by atoms with Crippen LogP contribution in [0.1, 0.15) is 27.2 Å². The normalized spacial score (nSPS) is 15.5. The predicted molar refractivity (Wildman–Crippen MR) is 68.6 cm³/mol. The second kappa shape index (κ2) is 4.88. The largest absolute Gasteiger partial charge is 0.448 e. The van der Waals surface area contributed by atoms with E-state index in [1.807, 2.05) is 38.1 Å². The Balaban J connectivity index is 2.06. The van der Waals surface area contributed by atoms with Gasteiger partial charge in [0.2, 0.25) is 5.91 Å². The number of nitrogens with zero attached hydrogens (tertiary/aromatic N) is 1. The van der Waals surface area contributed by atoms with Crippen LogP contribution in [0.15, 0.2) is 24.3 Å². The lowest BCUT2D eigenvalue weighted by Gasteiger charge is -2.26. The van der Waals surface area contributed by atoms with Crippen LogP contribution in [0, 0.1) is 0 Å². The lowest BCUT2D eigenvalue weighted by atomic mass is 10.2. The van der Waals surface area contributed by atoms with E-state index >= 15 is 0 Å². The summed E-state index contributed by atoms with van der Waals surface area (Å²) in [5.41, 5.74) is 0. The highest BCUT2D eigenvalue weighted by Gasteiger charge is 2.39. The molecule has 0 saturated heterocycles. The van der Waals surface area contributed by atoms with Crippen LogP contribution in [-0.4, -0.2) is 29.7 Å². The minimum absolute atomic E-state index is 0.0512. The minimum Gasteiger partial charge on any atom is -0.448 e. The van der Waals surface area contributed by atoms with Crippen molar-refractivity contribution in [1.82, 2.24) is 4.90 Å². The Morgan fingerprint density at radius 1 is 1.17 bits per heavy atom. The third kappa shape index (κ3) is 2.42. The van der Waals surface area contributed by atoms with Gasteiger partial charge < -0.3 is 14.4 Å². The smallest absolute Gasteiger partial charge is 0.257 e. The molecule has 2 rings (SSSR count). The molecular weight excluding hydrogens is 230 g/mol. The Morgan fingerprint density at radius 2 is 1.67 bits per heavy atom. The quantitative estimate of drug-likeness (QED) is 0.822. The lowest BCUT2D eigenvalue weighted by Crippen LogP contribution is -2.42. The molecule has 0 N–H and O–H groups in total. The average Bonchev–Trinajstić information content (AvgIpc) is 2.66. The molecule has 4 nitrogen and oxygen atoms in total. The van der Waals surface area contributed by atoms with Crippen molar-refractivity contribution in [2.75, 3.05) is 13.1 Å². The van der Waals surface area contributed by atoms with Crippen molar-refractivity contribution in [3.8, 4) is 11.5 Å². The van der Waals surface area contributed by atoms with E-state index in [9.17, 15) is 4.79 Å². The van der Waals surface area contributed by atoms with Crippen LogP contribution in [0.2, 0.25) is 0 Å². The van der Waals surface area contributed by atoms with Crippen molar-refractivity contribution >= 4 is 5.91 Å². The van der Waals surface area contributed by atoms with Gasteiger partial charge in [0.1, 0.15) is 6.42 Å². The molecular formula is C14H19NO3. The van der Waals surface area contributed by atoms with Crippen LogP contribution in [0.25, 0.3) is 0 Å². The highest BCUT2D eigenvalue weighted by molar-refractivity contribution is 5.77. The number of hydrogen-bond donors (Lipinski definition) is 0. The third-order valence-corrected chi connectivity index (χ3v) is 3.09. The van der Waals surface area contributed by atoms with E-state index in [4.69, 9.17) is 9.47 Å². The van der Waals surface area contributed by atoms with Crippen molar-refractivity contribution < 1.29 is 14.3 Å². The fourth-order valence-corrected chi connectivity index (χ4v) is 2.14. The van der Waals surface area contributed by atoms with Crippen LogP contribution in [0.3, 0.4) is 0 Å². The molecule has 18 heavy (non-hydrogen) atoms. The average molecular weight is 249 g/mol. The SMILES string of the molecule is CCN(CC)C(=O)CC1(C)Oc2ccccc2O1. The standard InChI is InChI=1S/C14H19NO3/c1-4-15(5-2)13(16)10-14(3)17-11-8-6-7-9-12(11)18-14/h6-9H,4-5,10H2,1-3H3. The molecule has 0 fully saturated rings. The van der Waals surface area contributed by atoms with Gasteiger partial charge in [-0.15, -0.1) is 0 Å². The highest BCUT2D eigenvalue weighted by atomic mass is 16.7. The second-order valence-electron chi connectivity index (χ2n) is 4.53. The second-order valence-corrected chi connectivity index (χ2v) is 4.53. The summed E-state index contributed by atoms with van der Waals surface area (Å²) in [6.45, 7) is 7.15. The summed E-state index contributed by atoms with van der Waals surface area (Å²) >= 11 is 0. The van der Waals surface area contributed by atoms with Crippen molar-refractivity contribution in [3.63, 3.8) is 0 Å². The molecule has 1 aromatic rings. The Hall–Kier alpha value is -1.71. The fourth-order valence-electron chi connectivity index (χ4n) is 2.14. The Morgan fingerprint density at radius 3 is 2.11 bits per heavy atom. The summed E-state index contributed by atoms with van der Waals surface area (Å²) in [6.07, 6.45) is 0.226. The Labute approximate surface area is 107 Å². The predicted octanol–water partition coefficient (Wildman–Crippen LogP) is 2.43.